The fourth-order valence-electron chi connectivity index (χ4n) is 1.13. The summed E-state index contributed by atoms with van der Waals surface area (Å²) in [7, 11) is -4.77. The minimum atomic E-state index is -4.77. The van der Waals surface area contributed by atoms with Crippen LogP contribution in [0.1, 0.15) is 0 Å². The Bertz CT molecular complexity index is 474. The minimum Gasteiger partial charge on any atom is -0.731 e. The third-order valence-electron chi connectivity index (χ3n) is 1.90. The van der Waals surface area contributed by atoms with Gasteiger partial charge in [-0.2, -0.15) is 5.26 Å². The van der Waals surface area contributed by atoms with Gasteiger partial charge in [-0.25, -0.2) is 12.7 Å². The molecule has 0 radical (unpaired) electrons. The number of carbonyl (C=O) groups excluding carboxylic acids is 2. The molecule has 8 nitrogen and oxygen atoms in total. The van der Waals surface area contributed by atoms with Crippen LogP contribution in [0, 0.1) is 11.3 Å². The minimum absolute atomic E-state index is 0. The van der Waals surface area contributed by atoms with Crippen LogP contribution in [0.5, 0.6) is 0 Å². The van der Waals surface area contributed by atoms with Gasteiger partial charge >= 0.3 is 29.6 Å². The van der Waals surface area contributed by atoms with E-state index in [0.717, 1.165) is 11.8 Å². The fourth-order valence-corrected chi connectivity index (χ4v) is 2.27. The topological polar surface area (TPSA) is 130 Å². The van der Waals surface area contributed by atoms with Gasteiger partial charge in [-0.05, 0) is 0 Å². The zero-order chi connectivity index (χ0) is 13.1. The van der Waals surface area contributed by atoms with Crippen molar-refractivity contribution in [2.45, 2.75) is 6.04 Å². The maximum absolute atomic E-state index is 11.2. The zero-order valence-corrected chi connectivity index (χ0v) is 13.1. The largest absolute Gasteiger partial charge is 1.00 e. The molecular weight excluding hydrogens is 293 g/mol. The van der Waals surface area contributed by atoms with E-state index in [1.54, 1.807) is 0 Å². The molecule has 1 N–H and O–H groups in total. The molecule has 1 aliphatic rings. The fraction of sp³-hybridized carbons (Fsp3) is 0.571. The summed E-state index contributed by atoms with van der Waals surface area (Å²) in [6.45, 7) is -0.334. The smallest absolute Gasteiger partial charge is 0.731 e. The summed E-state index contributed by atoms with van der Waals surface area (Å²) in [5.41, 5.74) is 0. The van der Waals surface area contributed by atoms with Gasteiger partial charge in [-0.15, -0.1) is 11.8 Å². The maximum atomic E-state index is 11.2. The summed E-state index contributed by atoms with van der Waals surface area (Å²) < 4.78 is 31.5. The predicted octanol–water partition coefficient (Wildman–Crippen LogP) is -4.97. The van der Waals surface area contributed by atoms with Crippen LogP contribution >= 0.6 is 11.8 Å². The molecule has 0 saturated carbocycles. The molecule has 94 valence electrons. The van der Waals surface area contributed by atoms with Gasteiger partial charge in [-0.3, -0.25) is 9.59 Å². The van der Waals surface area contributed by atoms with Crippen LogP contribution in [0.4, 0.5) is 0 Å². The van der Waals surface area contributed by atoms with Crippen molar-refractivity contribution in [1.29, 1.82) is 5.26 Å². The van der Waals surface area contributed by atoms with Gasteiger partial charge in [0, 0.05) is 0 Å². The first kappa shape index (κ1) is 17.7. The normalized spacial score (nSPS) is 18.3. The summed E-state index contributed by atoms with van der Waals surface area (Å²) in [5.74, 6) is -1.26. The first-order chi connectivity index (χ1) is 7.86. The predicted molar refractivity (Wildman–Crippen MR) is 56.3 cm³/mol. The summed E-state index contributed by atoms with van der Waals surface area (Å²) in [6, 6.07) is 0.863. The van der Waals surface area contributed by atoms with Crippen molar-refractivity contribution in [1.82, 2.24) is 9.62 Å². The monoisotopic (exact) mass is 301 g/mol. The van der Waals surface area contributed by atoms with Crippen molar-refractivity contribution in [2.75, 3.05) is 18.1 Å². The molecule has 0 aliphatic carbocycles. The molecule has 0 bridgehead atoms. The molecule has 0 aromatic rings. The number of hydrogen-bond acceptors (Lipinski definition) is 7. The Labute approximate surface area is 130 Å². The Hall–Kier alpha value is -0.310. The van der Waals surface area contributed by atoms with E-state index in [9.17, 15) is 22.6 Å². The van der Waals surface area contributed by atoms with Crippen molar-refractivity contribution in [2.24, 2.45) is 0 Å². The summed E-state index contributed by atoms with van der Waals surface area (Å²) in [5, 5.41) is 10.5. The summed E-state index contributed by atoms with van der Waals surface area (Å²) >= 11 is 1.07. The van der Waals surface area contributed by atoms with Gasteiger partial charge in [0.15, 0.2) is 10.3 Å². The molecule has 1 unspecified atom stereocenters. The van der Waals surface area contributed by atoms with Crippen LogP contribution in [0.25, 0.3) is 0 Å². The van der Waals surface area contributed by atoms with E-state index in [1.807, 2.05) is 6.07 Å². The van der Waals surface area contributed by atoms with Gasteiger partial charge in [0.05, 0.1) is 24.1 Å². The first-order valence-corrected chi connectivity index (χ1v) is 6.89. The van der Waals surface area contributed by atoms with Gasteiger partial charge < -0.3 is 9.87 Å². The Morgan fingerprint density at radius 3 is 2.72 bits per heavy atom. The maximum Gasteiger partial charge on any atom is 1.00 e. The average Bonchev–Trinajstić information content (AvgIpc) is 2.21. The van der Waals surface area contributed by atoms with Gasteiger partial charge in [0.25, 0.3) is 5.91 Å². The van der Waals surface area contributed by atoms with Gasteiger partial charge in [0.2, 0.25) is 5.91 Å². The number of nitrogens with one attached hydrogen (secondary N) is 1. The van der Waals surface area contributed by atoms with Crippen LogP contribution in [-0.4, -0.2) is 53.2 Å². The van der Waals surface area contributed by atoms with Crippen molar-refractivity contribution in [3.8, 4) is 6.07 Å². The molecule has 1 saturated heterocycles. The second kappa shape index (κ2) is 7.32. The summed E-state index contributed by atoms with van der Waals surface area (Å²) in [6.07, 6.45) is 0. The first-order valence-electron chi connectivity index (χ1n) is 4.37. The standard InChI is InChI=1S/C7H9N3O5S2.Na/c8-1-2-16-4-6(11)9-5-3-10(7(5)12)17(13,14)15;/h5H,2-4H2,(H,9,11)(H,13,14,15);/q;+1/p-1. The van der Waals surface area contributed by atoms with Crippen LogP contribution in [0.15, 0.2) is 0 Å². The van der Waals surface area contributed by atoms with Crippen LogP contribution in [0.3, 0.4) is 0 Å². The van der Waals surface area contributed by atoms with E-state index in [4.69, 9.17) is 5.26 Å². The van der Waals surface area contributed by atoms with Crippen molar-refractivity contribution in [3.05, 3.63) is 0 Å². The second-order valence-electron chi connectivity index (χ2n) is 3.10. The molecule has 2 amide bonds. The molecule has 0 spiro atoms. The molecule has 1 rings (SSSR count). The van der Waals surface area contributed by atoms with Gasteiger partial charge in [-0.1, -0.05) is 0 Å². The number of carbonyl (C=O) groups is 2. The molecule has 1 fully saturated rings. The molecule has 0 aromatic heterocycles. The van der Waals surface area contributed by atoms with Crippen molar-refractivity contribution in [3.63, 3.8) is 0 Å². The third kappa shape index (κ3) is 4.75. The zero-order valence-electron chi connectivity index (χ0n) is 9.45. The molecular formula is C7H8N3NaO5S2. The van der Waals surface area contributed by atoms with Crippen LogP contribution in [0.2, 0.25) is 0 Å². The van der Waals surface area contributed by atoms with E-state index in [-0.39, 0.29) is 51.9 Å². The number of hydrogen-bond donors (Lipinski definition) is 1. The Kier molecular flexibility index (Phi) is 7.19. The third-order valence-corrected chi connectivity index (χ3v) is 3.57. The molecule has 1 atom stereocenters. The van der Waals surface area contributed by atoms with E-state index in [0.29, 0.717) is 0 Å². The quantitative estimate of drug-likeness (QED) is 0.233. The molecule has 1 heterocycles. The Balaban J connectivity index is 0.00000289. The SMILES string of the molecule is N#CCSCC(=O)NC1CN(S(=O)(=O)[O-])C1=O.[Na+]. The Morgan fingerprint density at radius 2 is 2.28 bits per heavy atom. The number of amides is 2. The van der Waals surface area contributed by atoms with Crippen LogP contribution < -0.4 is 34.9 Å². The van der Waals surface area contributed by atoms with Gasteiger partial charge in [0.1, 0.15) is 6.04 Å². The number of thioether (sulfide) groups is 1. The average molecular weight is 301 g/mol. The molecule has 0 aromatic carbocycles. The second-order valence-corrected chi connectivity index (χ2v) is 5.38. The van der Waals surface area contributed by atoms with E-state index < -0.39 is 28.2 Å². The van der Waals surface area contributed by atoms with Crippen LogP contribution in [-0.2, 0) is 19.9 Å². The number of nitriles is 1. The van der Waals surface area contributed by atoms with E-state index in [1.165, 1.54) is 0 Å². The molecule has 1 aliphatic heterocycles. The van der Waals surface area contributed by atoms with E-state index >= 15 is 0 Å². The van der Waals surface area contributed by atoms with Crippen molar-refractivity contribution < 1.29 is 52.1 Å². The van der Waals surface area contributed by atoms with E-state index in [2.05, 4.69) is 5.32 Å². The molecule has 11 heteroatoms. The summed E-state index contributed by atoms with van der Waals surface area (Å²) in [4.78, 5) is 22.3. The van der Waals surface area contributed by atoms with Crippen molar-refractivity contribution >= 4 is 33.9 Å². The Morgan fingerprint density at radius 1 is 1.67 bits per heavy atom. The molecule has 18 heavy (non-hydrogen) atoms. The number of nitrogens with zero attached hydrogens (tertiary/aromatic N) is 2. The number of β-lactam (4-membered cyclic amide) rings is 1. The number of rotatable bonds is 5.